The second kappa shape index (κ2) is 9.29. The van der Waals surface area contributed by atoms with Gasteiger partial charge in [0.15, 0.2) is 0 Å². The van der Waals surface area contributed by atoms with E-state index in [4.69, 9.17) is 9.47 Å². The molecule has 8 nitrogen and oxygen atoms in total. The van der Waals surface area contributed by atoms with E-state index in [0.717, 1.165) is 12.1 Å². The van der Waals surface area contributed by atoms with Crippen LogP contribution in [0, 0.1) is 15.9 Å². The lowest BCUT2D eigenvalue weighted by Gasteiger charge is -2.10. The number of halogens is 1. The Bertz CT molecular complexity index is 1120. The molecule has 31 heavy (non-hydrogen) atoms. The molecule has 0 aliphatic rings. The normalized spacial score (nSPS) is 10.7. The SMILES string of the molecule is COc1cc(F)c([N+](=O)[O-])cc1Cc1nccc(C(=O)c2ccc(OC(C)C)cc2)n1. The van der Waals surface area contributed by atoms with E-state index in [1.165, 1.54) is 19.4 Å². The third-order valence-corrected chi connectivity index (χ3v) is 4.32. The molecule has 0 radical (unpaired) electrons. The van der Waals surface area contributed by atoms with Gasteiger partial charge in [0.25, 0.3) is 0 Å². The largest absolute Gasteiger partial charge is 0.496 e. The summed E-state index contributed by atoms with van der Waals surface area (Å²) >= 11 is 0. The zero-order chi connectivity index (χ0) is 22.5. The van der Waals surface area contributed by atoms with Crippen LogP contribution in [0.3, 0.4) is 0 Å². The van der Waals surface area contributed by atoms with Crippen LogP contribution in [-0.4, -0.2) is 33.9 Å². The number of benzene rings is 2. The highest BCUT2D eigenvalue weighted by molar-refractivity contribution is 6.07. The van der Waals surface area contributed by atoms with Crippen molar-refractivity contribution in [3.63, 3.8) is 0 Å². The van der Waals surface area contributed by atoms with E-state index in [1.807, 2.05) is 13.8 Å². The first-order chi connectivity index (χ1) is 14.8. The van der Waals surface area contributed by atoms with E-state index >= 15 is 0 Å². The van der Waals surface area contributed by atoms with E-state index in [2.05, 4.69) is 9.97 Å². The molecule has 1 heterocycles. The minimum absolute atomic E-state index is 0.0188. The van der Waals surface area contributed by atoms with Crippen LogP contribution in [-0.2, 0) is 6.42 Å². The number of nitrogens with zero attached hydrogens (tertiary/aromatic N) is 3. The van der Waals surface area contributed by atoms with Gasteiger partial charge in [-0.3, -0.25) is 14.9 Å². The summed E-state index contributed by atoms with van der Waals surface area (Å²) in [6, 6.07) is 10.2. The number of rotatable bonds is 8. The lowest BCUT2D eigenvalue weighted by molar-refractivity contribution is -0.387. The molecule has 0 amide bonds. The summed E-state index contributed by atoms with van der Waals surface area (Å²) in [5.41, 5.74) is 0.246. The van der Waals surface area contributed by atoms with Crippen molar-refractivity contribution >= 4 is 11.5 Å². The molecule has 0 unspecified atom stereocenters. The van der Waals surface area contributed by atoms with Crippen molar-refractivity contribution < 1.29 is 23.6 Å². The van der Waals surface area contributed by atoms with Crippen LogP contribution in [0.1, 0.15) is 41.3 Å². The van der Waals surface area contributed by atoms with Crippen molar-refractivity contribution in [3.8, 4) is 11.5 Å². The van der Waals surface area contributed by atoms with Gasteiger partial charge in [0.2, 0.25) is 11.6 Å². The fourth-order valence-electron chi connectivity index (χ4n) is 2.94. The van der Waals surface area contributed by atoms with E-state index in [-0.39, 0.29) is 35.6 Å². The molecular formula is C22H20FN3O5. The van der Waals surface area contributed by atoms with E-state index in [9.17, 15) is 19.3 Å². The summed E-state index contributed by atoms with van der Waals surface area (Å²) in [7, 11) is 1.33. The average Bonchev–Trinajstić information content (AvgIpc) is 2.74. The number of ether oxygens (including phenoxy) is 2. The smallest absolute Gasteiger partial charge is 0.305 e. The number of carbonyl (C=O) groups is 1. The Morgan fingerprint density at radius 2 is 1.90 bits per heavy atom. The first-order valence-corrected chi connectivity index (χ1v) is 9.42. The molecular weight excluding hydrogens is 405 g/mol. The van der Waals surface area contributed by atoms with Gasteiger partial charge in [0, 0.05) is 35.9 Å². The van der Waals surface area contributed by atoms with Crippen molar-refractivity contribution in [2.75, 3.05) is 7.11 Å². The number of nitro groups is 1. The third kappa shape index (κ3) is 5.19. The summed E-state index contributed by atoms with van der Waals surface area (Å²) in [5, 5.41) is 11.0. The van der Waals surface area contributed by atoms with Crippen molar-refractivity contribution in [1.82, 2.24) is 9.97 Å². The first kappa shape index (κ1) is 21.8. The zero-order valence-electron chi connectivity index (χ0n) is 17.2. The Morgan fingerprint density at radius 1 is 1.19 bits per heavy atom. The van der Waals surface area contributed by atoms with Gasteiger partial charge >= 0.3 is 5.69 Å². The molecule has 0 atom stereocenters. The van der Waals surface area contributed by atoms with Crippen molar-refractivity contribution in [3.05, 3.63) is 87.2 Å². The summed E-state index contributed by atoms with van der Waals surface area (Å²) in [4.78, 5) is 31.4. The fraction of sp³-hybridized carbons (Fsp3) is 0.227. The van der Waals surface area contributed by atoms with Crippen LogP contribution >= 0.6 is 0 Å². The summed E-state index contributed by atoms with van der Waals surface area (Å²) in [6.07, 6.45) is 1.47. The molecule has 3 rings (SSSR count). The Morgan fingerprint density at radius 3 is 2.52 bits per heavy atom. The maximum Gasteiger partial charge on any atom is 0.305 e. The van der Waals surface area contributed by atoms with Crippen LogP contribution in [0.4, 0.5) is 10.1 Å². The molecule has 0 bridgehead atoms. The van der Waals surface area contributed by atoms with Gasteiger partial charge in [-0.25, -0.2) is 9.97 Å². The summed E-state index contributed by atoms with van der Waals surface area (Å²) in [6.45, 7) is 3.82. The fourth-order valence-corrected chi connectivity index (χ4v) is 2.94. The molecule has 0 fully saturated rings. The topological polar surface area (TPSA) is 104 Å². The summed E-state index contributed by atoms with van der Waals surface area (Å²) < 4.78 is 24.6. The Balaban J connectivity index is 1.86. The predicted octanol–water partition coefficient (Wildman–Crippen LogP) is 4.14. The van der Waals surface area contributed by atoms with Crippen LogP contribution in [0.2, 0.25) is 0 Å². The minimum Gasteiger partial charge on any atom is -0.496 e. The second-order valence-electron chi connectivity index (χ2n) is 6.93. The maximum absolute atomic E-state index is 13.9. The van der Waals surface area contributed by atoms with Crippen LogP contribution < -0.4 is 9.47 Å². The van der Waals surface area contributed by atoms with Gasteiger partial charge in [0.05, 0.1) is 18.1 Å². The number of ketones is 1. The quantitative estimate of drug-likeness (QED) is 0.303. The molecule has 0 saturated carbocycles. The number of aromatic nitrogens is 2. The van der Waals surface area contributed by atoms with Crippen LogP contribution in [0.25, 0.3) is 0 Å². The standard InChI is InChI=1S/C22H20FN3O5/c1-13(2)31-16-6-4-14(5-7-16)22(27)18-8-9-24-21(25-18)11-15-10-19(26(28)29)17(23)12-20(15)30-3/h4-10,12-13H,11H2,1-3H3. The van der Waals surface area contributed by atoms with Gasteiger partial charge in [0.1, 0.15) is 23.0 Å². The van der Waals surface area contributed by atoms with Gasteiger partial charge in [-0.15, -0.1) is 0 Å². The zero-order valence-corrected chi connectivity index (χ0v) is 17.2. The van der Waals surface area contributed by atoms with Gasteiger partial charge in [-0.05, 0) is 44.2 Å². The van der Waals surface area contributed by atoms with Crippen molar-refractivity contribution in [2.24, 2.45) is 0 Å². The predicted molar refractivity (Wildman–Crippen MR) is 110 cm³/mol. The third-order valence-electron chi connectivity index (χ3n) is 4.32. The molecule has 0 spiro atoms. The van der Waals surface area contributed by atoms with Gasteiger partial charge in [-0.1, -0.05) is 0 Å². The number of nitro benzene ring substituents is 1. The Hall–Kier alpha value is -3.88. The highest BCUT2D eigenvalue weighted by Gasteiger charge is 2.20. The minimum atomic E-state index is -1.000. The van der Waals surface area contributed by atoms with Crippen molar-refractivity contribution in [2.45, 2.75) is 26.4 Å². The first-order valence-electron chi connectivity index (χ1n) is 9.42. The van der Waals surface area contributed by atoms with Gasteiger partial charge < -0.3 is 9.47 Å². The molecule has 0 saturated heterocycles. The Labute approximate surface area is 177 Å². The molecule has 2 aromatic carbocycles. The van der Waals surface area contributed by atoms with Gasteiger partial charge in [-0.2, -0.15) is 4.39 Å². The molecule has 0 N–H and O–H groups in total. The lowest BCUT2D eigenvalue weighted by Crippen LogP contribution is -2.09. The van der Waals surface area contributed by atoms with Crippen LogP contribution in [0.5, 0.6) is 11.5 Å². The van der Waals surface area contributed by atoms with Crippen molar-refractivity contribution in [1.29, 1.82) is 0 Å². The van der Waals surface area contributed by atoms with E-state index in [0.29, 0.717) is 16.9 Å². The lowest BCUT2D eigenvalue weighted by atomic mass is 10.1. The number of methoxy groups -OCH3 is 1. The molecule has 1 aromatic heterocycles. The maximum atomic E-state index is 13.9. The monoisotopic (exact) mass is 425 g/mol. The average molecular weight is 425 g/mol. The molecule has 0 aliphatic carbocycles. The molecule has 3 aromatic rings. The van der Waals surface area contributed by atoms with E-state index < -0.39 is 16.4 Å². The highest BCUT2D eigenvalue weighted by Crippen LogP contribution is 2.29. The molecule has 9 heteroatoms. The molecule has 160 valence electrons. The van der Waals surface area contributed by atoms with E-state index in [1.54, 1.807) is 24.3 Å². The van der Waals surface area contributed by atoms with Crippen LogP contribution in [0.15, 0.2) is 48.7 Å². The second-order valence-corrected chi connectivity index (χ2v) is 6.93. The highest BCUT2D eigenvalue weighted by atomic mass is 19.1. The number of hydrogen-bond donors (Lipinski definition) is 0. The number of hydrogen-bond acceptors (Lipinski definition) is 7. The molecule has 0 aliphatic heterocycles. The Kier molecular flexibility index (Phi) is 6.54. The summed E-state index contributed by atoms with van der Waals surface area (Å²) in [5.74, 6) is -0.286. The number of carbonyl (C=O) groups excluding carboxylic acids is 1.